The van der Waals surface area contributed by atoms with Crippen LogP contribution < -0.4 is 53.6 Å². The van der Waals surface area contributed by atoms with Gasteiger partial charge in [0.05, 0.1) is 12.9 Å². The van der Waals surface area contributed by atoms with E-state index in [0.29, 0.717) is 41.6 Å². The minimum absolute atomic E-state index is 0.0371. The zero-order chi connectivity index (χ0) is 69.3. The number of aliphatic hydroxyl groups excluding tert-OH is 1. The second kappa shape index (κ2) is 36.3. The molecule has 16 N–H and O–H groups in total. The van der Waals surface area contributed by atoms with Gasteiger partial charge >= 0.3 is 0 Å². The van der Waals surface area contributed by atoms with Crippen LogP contribution in [0.1, 0.15) is 110 Å². The fourth-order valence-corrected chi connectivity index (χ4v) is 11.0. The summed E-state index contributed by atoms with van der Waals surface area (Å²) in [5.74, 6) is -8.12. The molecule has 0 spiro atoms. The average molecular weight is 1320 g/mol. The Morgan fingerprint density at radius 3 is 1.86 bits per heavy atom. The highest BCUT2D eigenvalue weighted by Crippen LogP contribution is 2.23. The Kier molecular flexibility index (Phi) is 28.2. The highest BCUT2D eigenvalue weighted by molar-refractivity contribution is 5.99. The number of aliphatic hydroxyl groups is 1. The number of carbonyl (C=O) groups is 11. The molecule has 2 aliphatic heterocycles. The average Bonchev–Trinajstić information content (AvgIpc) is 1.82. The summed E-state index contributed by atoms with van der Waals surface area (Å²) in [7, 11) is 0. The lowest BCUT2D eigenvalue weighted by molar-refractivity contribution is -0.142. The minimum atomic E-state index is -1.75. The fourth-order valence-electron chi connectivity index (χ4n) is 11.0. The Morgan fingerprint density at radius 1 is 0.716 bits per heavy atom. The molecule has 2 fully saturated rings. The van der Waals surface area contributed by atoms with Gasteiger partial charge in [-0.15, -0.1) is 0 Å². The molecule has 0 bridgehead atoms. The van der Waals surface area contributed by atoms with Gasteiger partial charge in [0.15, 0.2) is 0 Å². The normalized spacial score (nSPS) is 16.7. The number of H-pyrrole nitrogens is 2. The standard InChI is InChI=1S/C62H85N17O12.C2H4O2/c1-6-65-60(90)51-15-10-24-78(51)61(91)44(14-9-22-66-62(63)79-25-11-23-69-79)71-54(84)45(26-35(2)3)72-55(85)46(27-36(4)5)73-56(86)47(28-37-16-18-40(81)19-17-37)74-59(89)50(33-80)77-57(87)48(29-38-31-67-42-13-8-7-12-41(38)42)75-58(88)49(30-39-32-64-34-68-39)76-53(83)43-20-21-52(82)70-43;1-2(3)4/h7-8,11-13,16-19,23,25,31-32,34-36,43-51,67,80-81H,6,9-10,14-15,20-22,24,26-30,33H2,1-5H3,(H2,63,66)(H,64,68)(H,65,90)(H,70,82)(H,71,84)(H,72,85)(H,73,86)(H,74,89)(H,75,88)(H,76,83)(H,77,87);1H3,(H,3,4)/t43-,44-,45-,46+,47-,48-,49-,50-,51-;/m0./s1. The van der Waals surface area contributed by atoms with Gasteiger partial charge in [0, 0.05) is 93.6 Å². The van der Waals surface area contributed by atoms with Crippen molar-refractivity contribution < 1.29 is 68.1 Å². The lowest BCUT2D eigenvalue weighted by atomic mass is 9.98. The van der Waals surface area contributed by atoms with Crippen LogP contribution in [0.5, 0.6) is 5.75 Å². The number of hydrogen-bond acceptors (Lipinski definition) is 16. The van der Waals surface area contributed by atoms with Crippen LogP contribution >= 0.6 is 0 Å². The molecule has 2 aromatic carbocycles. The van der Waals surface area contributed by atoms with Gasteiger partial charge in [-0.2, -0.15) is 5.10 Å². The third-order valence-corrected chi connectivity index (χ3v) is 15.6. The van der Waals surface area contributed by atoms with E-state index < -0.39 is 114 Å². The lowest BCUT2D eigenvalue weighted by Crippen LogP contribution is -2.61. The maximum atomic E-state index is 14.8. The van der Waals surface area contributed by atoms with Gasteiger partial charge in [-0.05, 0) is 99.1 Å². The number of nitrogens with zero attached hydrogens (tertiary/aromatic N) is 5. The number of carboxylic acid groups (broad SMARTS) is 1. The molecule has 5 aromatic rings. The van der Waals surface area contributed by atoms with Crippen LogP contribution in [0.2, 0.25) is 0 Å². The van der Waals surface area contributed by atoms with Gasteiger partial charge in [-0.25, -0.2) is 9.67 Å². The predicted octanol–water partition coefficient (Wildman–Crippen LogP) is -0.561. The first-order valence-electron chi connectivity index (χ1n) is 31.7. The molecule has 31 heteroatoms. The Labute approximate surface area is 549 Å². The maximum absolute atomic E-state index is 14.8. The van der Waals surface area contributed by atoms with Crippen molar-refractivity contribution in [3.8, 4) is 5.75 Å². The topological polar surface area (TPSA) is 461 Å². The number of carbonyl (C=O) groups excluding carboxylic acids is 10. The Morgan fingerprint density at radius 2 is 1.29 bits per heavy atom. The third kappa shape index (κ3) is 22.8. The van der Waals surface area contributed by atoms with Crippen LogP contribution in [-0.2, 0) is 72.0 Å². The number of para-hydroxylation sites is 1. The molecule has 9 atom stereocenters. The van der Waals surface area contributed by atoms with Gasteiger partial charge in [-0.1, -0.05) is 58.0 Å². The van der Waals surface area contributed by atoms with Crippen molar-refractivity contribution >= 4 is 81.9 Å². The van der Waals surface area contributed by atoms with Crippen LogP contribution in [0.4, 0.5) is 0 Å². The molecule has 7 rings (SSSR count). The summed E-state index contributed by atoms with van der Waals surface area (Å²) in [5, 5.41) is 57.6. The number of likely N-dealkylation sites (tertiary alicyclic amines) is 1. The van der Waals surface area contributed by atoms with E-state index in [0.717, 1.165) is 12.4 Å². The summed E-state index contributed by atoms with van der Waals surface area (Å²) in [6, 6.07) is 3.23. The predicted molar refractivity (Wildman–Crippen MR) is 347 cm³/mol. The summed E-state index contributed by atoms with van der Waals surface area (Å²) < 4.78 is 1.38. The van der Waals surface area contributed by atoms with E-state index in [2.05, 4.69) is 72.9 Å². The number of aliphatic imine (C=N–C) groups is 1. The molecule has 3 aromatic heterocycles. The van der Waals surface area contributed by atoms with Crippen LogP contribution in [0, 0.1) is 11.8 Å². The molecule has 10 amide bonds. The van der Waals surface area contributed by atoms with Crippen molar-refractivity contribution in [2.45, 2.75) is 167 Å². The number of imidazole rings is 1. The number of benzene rings is 2. The molecular weight excluding hydrogens is 1230 g/mol. The lowest BCUT2D eigenvalue weighted by Gasteiger charge is -2.31. The largest absolute Gasteiger partial charge is 0.508 e. The molecule has 0 unspecified atom stereocenters. The van der Waals surface area contributed by atoms with Crippen molar-refractivity contribution in [3.63, 3.8) is 0 Å². The van der Waals surface area contributed by atoms with Crippen molar-refractivity contribution in [3.05, 3.63) is 103 Å². The second-order valence-electron chi connectivity index (χ2n) is 24.2. The first kappa shape index (κ1) is 73.8. The first-order valence-corrected chi connectivity index (χ1v) is 31.7. The molecule has 5 heterocycles. The van der Waals surface area contributed by atoms with Crippen LogP contribution in [0.15, 0.2) is 90.7 Å². The number of likely N-dealkylation sites (N-methyl/N-ethyl adjacent to an activating group) is 1. The van der Waals surface area contributed by atoms with Crippen molar-refractivity contribution in [1.29, 1.82) is 0 Å². The van der Waals surface area contributed by atoms with E-state index in [1.165, 1.54) is 46.4 Å². The van der Waals surface area contributed by atoms with Crippen molar-refractivity contribution in [2.24, 2.45) is 22.6 Å². The fraction of sp³-hybridized carbons (Fsp3) is 0.500. The Hall–Kier alpha value is -10.2. The molecule has 31 nitrogen and oxygen atoms in total. The number of aromatic amines is 2. The zero-order valence-electron chi connectivity index (χ0n) is 54.2. The second-order valence-corrected chi connectivity index (χ2v) is 24.2. The number of carboxylic acids is 1. The minimum Gasteiger partial charge on any atom is -0.508 e. The summed E-state index contributed by atoms with van der Waals surface area (Å²) in [4.78, 5) is 165. The molecule has 2 aliphatic rings. The molecule has 95 heavy (non-hydrogen) atoms. The highest BCUT2D eigenvalue weighted by Gasteiger charge is 2.40. The molecule has 2 saturated heterocycles. The number of phenols is 1. The smallest absolute Gasteiger partial charge is 0.300 e. The third-order valence-electron chi connectivity index (χ3n) is 15.6. The quantitative estimate of drug-likeness (QED) is 0.0146. The zero-order valence-corrected chi connectivity index (χ0v) is 54.2. The van der Waals surface area contributed by atoms with Crippen molar-refractivity contribution in [1.82, 2.24) is 77.5 Å². The summed E-state index contributed by atoms with van der Waals surface area (Å²) in [6.45, 7) is 9.94. The van der Waals surface area contributed by atoms with Crippen LogP contribution in [0.3, 0.4) is 0 Å². The Bertz CT molecular complexity index is 3440. The van der Waals surface area contributed by atoms with E-state index in [-0.39, 0.29) is 106 Å². The SMILES string of the molecule is CC(=O)O.CCNC(=O)[C@@H]1CCCN1C(=O)[C@H](CCCN=C(N)n1cccn1)NC(=O)[C@H](CC(C)C)NC(=O)[C@@H](CC(C)C)NC(=O)[C@H](Cc1ccc(O)cc1)NC(=O)[C@H](CO)NC(=O)[C@H](Cc1c[nH]c2ccccc12)NC(=O)[C@H](Cc1cnc[nH]1)NC(=O)[C@@H]1CCC(=O)N1. The van der Waals surface area contributed by atoms with Gasteiger partial charge < -0.3 is 83.8 Å². The number of hydrogen-bond donors (Lipinski definition) is 15. The van der Waals surface area contributed by atoms with Gasteiger partial charge in [0.1, 0.15) is 60.1 Å². The number of nitrogens with one attached hydrogen (secondary N) is 11. The number of aromatic hydroxyl groups is 1. The highest BCUT2D eigenvalue weighted by atomic mass is 16.4. The van der Waals surface area contributed by atoms with Crippen LogP contribution in [-0.4, -0.2) is 197 Å². The summed E-state index contributed by atoms with van der Waals surface area (Å²) in [5.41, 5.74) is 8.32. The van der Waals surface area contributed by atoms with E-state index in [1.807, 2.05) is 39.8 Å². The van der Waals surface area contributed by atoms with E-state index >= 15 is 0 Å². The molecule has 514 valence electrons. The van der Waals surface area contributed by atoms with E-state index in [4.69, 9.17) is 15.6 Å². The van der Waals surface area contributed by atoms with Crippen molar-refractivity contribution in [2.75, 3.05) is 26.2 Å². The van der Waals surface area contributed by atoms with Crippen LogP contribution in [0.25, 0.3) is 10.9 Å². The molecule has 0 radical (unpaired) electrons. The molecular formula is C64H89N17O14. The summed E-state index contributed by atoms with van der Waals surface area (Å²) >= 11 is 0. The molecule has 0 saturated carbocycles. The van der Waals surface area contributed by atoms with E-state index in [9.17, 15) is 58.2 Å². The number of rotatable bonds is 32. The molecule has 0 aliphatic carbocycles. The summed E-state index contributed by atoms with van der Waals surface area (Å²) in [6.07, 6.45) is 8.96. The number of fused-ring (bicyclic) bond motifs is 1. The monoisotopic (exact) mass is 1320 g/mol. The number of phenolic OH excluding ortho intramolecular Hbond substituents is 1. The number of nitrogens with two attached hydrogens (primary N) is 1. The Balaban J connectivity index is 0.00000347. The number of amides is 10. The number of aliphatic carboxylic acids is 1. The first-order chi connectivity index (χ1) is 45.3. The maximum Gasteiger partial charge on any atom is 0.300 e. The van der Waals surface area contributed by atoms with Gasteiger partial charge in [0.25, 0.3) is 5.97 Å². The number of aromatic nitrogens is 5. The van der Waals surface area contributed by atoms with E-state index in [1.54, 1.807) is 43.7 Å². The van der Waals surface area contributed by atoms with Gasteiger partial charge in [-0.3, -0.25) is 57.7 Å². The van der Waals surface area contributed by atoms with Gasteiger partial charge in [0.2, 0.25) is 65.0 Å².